The van der Waals surface area contributed by atoms with Crippen molar-refractivity contribution < 1.29 is 0 Å². The van der Waals surface area contributed by atoms with E-state index in [1.165, 1.54) is 77.6 Å². The molecule has 0 bridgehead atoms. The van der Waals surface area contributed by atoms with Gasteiger partial charge in [-0.25, -0.2) is 0 Å². The van der Waals surface area contributed by atoms with Crippen molar-refractivity contribution in [2.75, 3.05) is 4.90 Å². The van der Waals surface area contributed by atoms with Crippen LogP contribution in [-0.2, 0) is 5.41 Å². The number of hydrogen-bond donors (Lipinski definition) is 0. The lowest BCUT2D eigenvalue weighted by Crippen LogP contribution is -2.27. The SMILES string of the molecule is C1=CC2=C(CC1)c1ccccc1C21c2ccccc2-c2ccc(N(c3ccc(-c4cccc5ccccc45)cc3)c3cccc(-c4ccccc4)c3)cc21. The molecule has 1 atom stereocenters. The zero-order valence-corrected chi connectivity index (χ0v) is 29.9. The van der Waals surface area contributed by atoms with Crippen LogP contribution < -0.4 is 4.90 Å². The second kappa shape index (κ2) is 12.2. The van der Waals surface area contributed by atoms with Gasteiger partial charge < -0.3 is 4.90 Å². The van der Waals surface area contributed by atoms with Crippen LogP contribution in [0, 0.1) is 0 Å². The van der Waals surface area contributed by atoms with Crippen LogP contribution in [0.4, 0.5) is 17.1 Å². The Morgan fingerprint density at radius 3 is 1.91 bits per heavy atom. The first-order chi connectivity index (χ1) is 26.8. The molecule has 1 unspecified atom stereocenters. The van der Waals surface area contributed by atoms with Gasteiger partial charge >= 0.3 is 0 Å². The van der Waals surface area contributed by atoms with E-state index in [0.29, 0.717) is 0 Å². The second-order valence-electron chi connectivity index (χ2n) is 14.7. The van der Waals surface area contributed by atoms with E-state index in [4.69, 9.17) is 0 Å². The maximum absolute atomic E-state index is 2.50. The van der Waals surface area contributed by atoms with Crippen molar-refractivity contribution in [2.45, 2.75) is 18.3 Å². The van der Waals surface area contributed by atoms with Crippen LogP contribution in [-0.4, -0.2) is 0 Å². The van der Waals surface area contributed by atoms with E-state index in [2.05, 4.69) is 205 Å². The van der Waals surface area contributed by atoms with Gasteiger partial charge in [0.15, 0.2) is 0 Å². The maximum atomic E-state index is 2.50. The van der Waals surface area contributed by atoms with Crippen molar-refractivity contribution >= 4 is 33.4 Å². The molecule has 0 radical (unpaired) electrons. The van der Waals surface area contributed by atoms with Crippen LogP contribution in [0.5, 0.6) is 0 Å². The molecule has 3 aliphatic rings. The summed E-state index contributed by atoms with van der Waals surface area (Å²) in [6.07, 6.45) is 6.97. The van der Waals surface area contributed by atoms with Gasteiger partial charge in [0, 0.05) is 17.1 Å². The van der Waals surface area contributed by atoms with Crippen LogP contribution >= 0.6 is 0 Å². The lowest BCUT2D eigenvalue weighted by molar-refractivity contribution is 0.780. The number of benzene rings is 8. The molecule has 0 heterocycles. The summed E-state index contributed by atoms with van der Waals surface area (Å²) in [4.78, 5) is 2.45. The van der Waals surface area contributed by atoms with Gasteiger partial charge in [0.05, 0.1) is 5.41 Å². The van der Waals surface area contributed by atoms with Gasteiger partial charge in [-0.05, 0) is 127 Å². The highest BCUT2D eigenvalue weighted by molar-refractivity contribution is 5.99. The van der Waals surface area contributed by atoms with Gasteiger partial charge in [0.25, 0.3) is 0 Å². The summed E-state index contributed by atoms with van der Waals surface area (Å²) >= 11 is 0. The Morgan fingerprint density at radius 2 is 1.04 bits per heavy atom. The molecule has 0 saturated carbocycles. The van der Waals surface area contributed by atoms with Gasteiger partial charge in [-0.2, -0.15) is 0 Å². The third-order valence-corrected chi connectivity index (χ3v) is 12.0. The minimum absolute atomic E-state index is 0.361. The molecular formula is C53H37N. The van der Waals surface area contributed by atoms with E-state index < -0.39 is 0 Å². The molecule has 0 amide bonds. The average molecular weight is 688 g/mol. The minimum atomic E-state index is -0.361. The van der Waals surface area contributed by atoms with E-state index in [1.54, 1.807) is 0 Å². The molecule has 0 fully saturated rings. The van der Waals surface area contributed by atoms with Crippen molar-refractivity contribution in [3.05, 3.63) is 228 Å². The van der Waals surface area contributed by atoms with Gasteiger partial charge in [-0.15, -0.1) is 0 Å². The topological polar surface area (TPSA) is 3.24 Å². The number of fused-ring (bicyclic) bond motifs is 10. The number of rotatable bonds is 5. The summed E-state index contributed by atoms with van der Waals surface area (Å²) in [7, 11) is 0. The van der Waals surface area contributed by atoms with Gasteiger partial charge in [-0.1, -0.05) is 164 Å². The van der Waals surface area contributed by atoms with Crippen molar-refractivity contribution in [1.82, 2.24) is 0 Å². The second-order valence-corrected chi connectivity index (χ2v) is 14.7. The lowest BCUT2D eigenvalue weighted by atomic mass is 9.69. The Morgan fingerprint density at radius 1 is 0.407 bits per heavy atom. The molecular weight excluding hydrogens is 651 g/mol. The van der Waals surface area contributed by atoms with E-state index in [1.807, 2.05) is 0 Å². The predicted octanol–water partition coefficient (Wildman–Crippen LogP) is 14.1. The van der Waals surface area contributed by atoms with Crippen molar-refractivity contribution in [2.24, 2.45) is 0 Å². The molecule has 1 nitrogen and oxygen atoms in total. The number of allylic oxidation sites excluding steroid dienone is 4. The van der Waals surface area contributed by atoms with E-state index >= 15 is 0 Å². The summed E-state index contributed by atoms with van der Waals surface area (Å²) < 4.78 is 0. The zero-order valence-electron chi connectivity index (χ0n) is 29.9. The van der Waals surface area contributed by atoms with E-state index in [0.717, 1.165) is 29.9 Å². The third kappa shape index (κ3) is 4.52. The van der Waals surface area contributed by atoms with Gasteiger partial charge in [-0.3, -0.25) is 0 Å². The minimum Gasteiger partial charge on any atom is -0.310 e. The van der Waals surface area contributed by atoms with Crippen LogP contribution in [0.1, 0.15) is 35.1 Å². The smallest absolute Gasteiger partial charge is 0.0722 e. The molecule has 0 aromatic heterocycles. The quantitative estimate of drug-likeness (QED) is 0.174. The Hall–Kier alpha value is -6.70. The summed E-state index contributed by atoms with van der Waals surface area (Å²) in [5.74, 6) is 0. The summed E-state index contributed by atoms with van der Waals surface area (Å²) in [5.41, 5.74) is 19.1. The summed E-state index contributed by atoms with van der Waals surface area (Å²) in [6, 6.07) is 69.6. The Kier molecular flexibility index (Phi) is 6.97. The molecule has 254 valence electrons. The fourth-order valence-corrected chi connectivity index (χ4v) is 9.67. The molecule has 0 N–H and O–H groups in total. The van der Waals surface area contributed by atoms with Gasteiger partial charge in [0.2, 0.25) is 0 Å². The molecule has 0 aliphatic heterocycles. The standard InChI is InChI=1S/C53H37N/c1-2-14-36(15-3-1)39-18-12-19-41(34-39)54(40-30-28-38(29-31-40)44-24-13-17-37-16-4-5-20-43(37)44)42-32-33-48-47-23-8-11-27-51(47)53(52(48)35-42)49-25-9-6-21-45(49)46-22-7-10-26-50(46)53/h1-6,8-21,23-35H,7,22H2. The summed E-state index contributed by atoms with van der Waals surface area (Å²) in [5, 5.41) is 2.53. The molecule has 1 spiro atoms. The lowest BCUT2D eigenvalue weighted by Gasteiger charge is -2.33. The number of nitrogens with zero attached hydrogens (tertiary/aromatic N) is 1. The molecule has 54 heavy (non-hydrogen) atoms. The highest BCUT2D eigenvalue weighted by atomic mass is 15.1. The van der Waals surface area contributed by atoms with Crippen molar-refractivity contribution in [3.8, 4) is 33.4 Å². The molecule has 0 saturated heterocycles. The van der Waals surface area contributed by atoms with Crippen molar-refractivity contribution in [1.29, 1.82) is 0 Å². The zero-order chi connectivity index (χ0) is 35.6. The first-order valence-corrected chi connectivity index (χ1v) is 19.1. The molecule has 1 heteroatoms. The van der Waals surface area contributed by atoms with E-state index in [-0.39, 0.29) is 5.41 Å². The van der Waals surface area contributed by atoms with Crippen LogP contribution in [0.15, 0.2) is 206 Å². The predicted molar refractivity (Wildman–Crippen MR) is 227 cm³/mol. The molecule has 8 aromatic rings. The van der Waals surface area contributed by atoms with Gasteiger partial charge in [0.1, 0.15) is 0 Å². The fourth-order valence-electron chi connectivity index (χ4n) is 9.67. The third-order valence-electron chi connectivity index (χ3n) is 12.0. The number of hydrogen-bond acceptors (Lipinski definition) is 1. The first-order valence-electron chi connectivity index (χ1n) is 19.1. The number of anilines is 3. The van der Waals surface area contributed by atoms with Crippen LogP contribution in [0.25, 0.3) is 49.7 Å². The molecule has 11 rings (SSSR count). The molecule has 8 aromatic carbocycles. The van der Waals surface area contributed by atoms with Crippen LogP contribution in [0.3, 0.4) is 0 Å². The largest absolute Gasteiger partial charge is 0.310 e. The van der Waals surface area contributed by atoms with E-state index in [9.17, 15) is 0 Å². The Labute approximate surface area is 316 Å². The monoisotopic (exact) mass is 687 g/mol. The maximum Gasteiger partial charge on any atom is 0.0722 e. The highest BCUT2D eigenvalue weighted by Gasteiger charge is 2.52. The Balaban J connectivity index is 1.13. The first kappa shape index (κ1) is 30.9. The summed E-state index contributed by atoms with van der Waals surface area (Å²) in [6.45, 7) is 0. The fraction of sp³-hybridized carbons (Fsp3) is 0.0566. The van der Waals surface area contributed by atoms with Crippen molar-refractivity contribution in [3.63, 3.8) is 0 Å². The molecule has 3 aliphatic carbocycles. The average Bonchev–Trinajstić information content (AvgIpc) is 3.71. The van der Waals surface area contributed by atoms with Crippen LogP contribution in [0.2, 0.25) is 0 Å². The normalized spacial score (nSPS) is 16.3. The highest BCUT2D eigenvalue weighted by Crippen LogP contribution is 2.63. The Bertz CT molecular complexity index is 2820.